The van der Waals surface area contributed by atoms with E-state index in [0.717, 1.165) is 26.9 Å². The summed E-state index contributed by atoms with van der Waals surface area (Å²) in [6.07, 6.45) is 0. The highest BCUT2D eigenvalue weighted by Crippen LogP contribution is 2.31. The zero-order valence-corrected chi connectivity index (χ0v) is 14.2. The van der Waals surface area contributed by atoms with Gasteiger partial charge in [0.1, 0.15) is 24.2 Å². The van der Waals surface area contributed by atoms with Gasteiger partial charge >= 0.3 is 0 Å². The lowest BCUT2D eigenvalue weighted by Crippen LogP contribution is -3.08. The molecule has 0 unspecified atom stereocenters. The fourth-order valence-electron chi connectivity index (χ4n) is 3.18. The van der Waals surface area contributed by atoms with Crippen molar-refractivity contribution in [1.82, 2.24) is 9.97 Å². The van der Waals surface area contributed by atoms with Gasteiger partial charge in [0.15, 0.2) is 5.82 Å². The van der Waals surface area contributed by atoms with E-state index in [2.05, 4.69) is 0 Å². The molecule has 0 aliphatic heterocycles. The molecular weight excluding hydrogens is 330 g/mol. The van der Waals surface area contributed by atoms with E-state index in [1.165, 1.54) is 0 Å². The summed E-state index contributed by atoms with van der Waals surface area (Å²) in [6, 6.07) is 17.5. The van der Waals surface area contributed by atoms with E-state index >= 15 is 0 Å². The van der Waals surface area contributed by atoms with Crippen molar-refractivity contribution in [2.75, 3.05) is 26.3 Å². The fourth-order valence-corrected chi connectivity index (χ4v) is 3.18. The maximum atomic E-state index is 9.45. The van der Waals surface area contributed by atoms with Crippen LogP contribution in [0.4, 0.5) is 5.82 Å². The second kappa shape index (κ2) is 7.21. The number of furan rings is 1. The van der Waals surface area contributed by atoms with Crippen molar-refractivity contribution in [1.29, 1.82) is 0 Å². The first kappa shape index (κ1) is 16.7. The Bertz CT molecular complexity index is 1020. The topological polar surface area (TPSA) is 83.8 Å². The number of fused-ring (bicyclic) bond motifs is 3. The second-order valence-corrected chi connectivity index (χ2v) is 6.09. The van der Waals surface area contributed by atoms with E-state index in [1.54, 1.807) is 0 Å². The molecule has 0 saturated carbocycles. The molecule has 0 bridgehead atoms. The summed E-state index contributed by atoms with van der Waals surface area (Å²) in [6.45, 7) is 0.833. The fraction of sp³-hybridized carbons (Fsp3) is 0.200. The molecule has 0 saturated heterocycles. The van der Waals surface area contributed by atoms with Gasteiger partial charge in [0.2, 0.25) is 5.58 Å². The first-order valence-corrected chi connectivity index (χ1v) is 8.63. The summed E-state index contributed by atoms with van der Waals surface area (Å²) in [7, 11) is 0. The Hall–Kier alpha value is -2.80. The number of benzene rings is 2. The predicted octanol–water partition coefficient (Wildman–Crippen LogP) is 1.54. The van der Waals surface area contributed by atoms with E-state index in [-0.39, 0.29) is 13.2 Å². The van der Waals surface area contributed by atoms with Crippen LogP contribution in [0.2, 0.25) is 0 Å². The van der Waals surface area contributed by atoms with Gasteiger partial charge in [-0.15, -0.1) is 0 Å². The first-order valence-electron chi connectivity index (χ1n) is 8.63. The maximum absolute atomic E-state index is 9.45. The van der Waals surface area contributed by atoms with Crippen LogP contribution < -0.4 is 4.90 Å². The van der Waals surface area contributed by atoms with Crippen LogP contribution in [0, 0.1) is 0 Å². The van der Waals surface area contributed by atoms with Crippen LogP contribution in [0.5, 0.6) is 0 Å². The lowest BCUT2D eigenvalue weighted by atomic mass is 10.2. The van der Waals surface area contributed by atoms with Gasteiger partial charge < -0.3 is 14.6 Å². The maximum Gasteiger partial charge on any atom is 0.274 e. The number of aromatic nitrogens is 2. The van der Waals surface area contributed by atoms with Crippen LogP contribution in [-0.4, -0.2) is 46.5 Å². The highest BCUT2D eigenvalue weighted by molar-refractivity contribution is 6.05. The number of nitrogens with one attached hydrogen (secondary N) is 1. The zero-order valence-electron chi connectivity index (χ0n) is 14.2. The average Bonchev–Trinajstić information content (AvgIpc) is 3.06. The third-order valence-electron chi connectivity index (χ3n) is 4.41. The van der Waals surface area contributed by atoms with E-state index in [9.17, 15) is 10.2 Å². The van der Waals surface area contributed by atoms with Crippen molar-refractivity contribution in [2.24, 2.45) is 0 Å². The molecule has 6 heteroatoms. The molecule has 26 heavy (non-hydrogen) atoms. The third-order valence-corrected chi connectivity index (χ3v) is 4.41. The Kier molecular flexibility index (Phi) is 4.62. The SMILES string of the molecule is OCC[NH+](CCO)c1nc(-c2ccccc2)nc2c1oc1ccccc12. The van der Waals surface area contributed by atoms with Crippen molar-refractivity contribution in [3.63, 3.8) is 0 Å². The molecule has 0 atom stereocenters. The monoisotopic (exact) mass is 350 g/mol. The van der Waals surface area contributed by atoms with Gasteiger partial charge in [0.05, 0.1) is 13.2 Å². The highest BCUT2D eigenvalue weighted by atomic mass is 16.3. The molecule has 0 radical (unpaired) electrons. The Labute approximate surface area is 150 Å². The molecule has 6 nitrogen and oxygen atoms in total. The molecule has 4 aromatic rings. The molecule has 2 aromatic heterocycles. The van der Waals surface area contributed by atoms with Crippen LogP contribution >= 0.6 is 0 Å². The molecule has 2 aromatic carbocycles. The quantitative estimate of drug-likeness (QED) is 0.491. The summed E-state index contributed by atoms with van der Waals surface area (Å²) in [5, 5.41) is 19.8. The molecule has 3 N–H and O–H groups in total. The molecule has 132 valence electrons. The van der Waals surface area contributed by atoms with Crippen LogP contribution in [0.15, 0.2) is 59.0 Å². The minimum absolute atomic E-state index is 0.0122. The van der Waals surface area contributed by atoms with Crippen molar-refractivity contribution < 1.29 is 19.5 Å². The number of aliphatic hydroxyl groups is 2. The van der Waals surface area contributed by atoms with E-state index in [4.69, 9.17) is 14.4 Å². The summed E-state index contributed by atoms with van der Waals surface area (Å²) in [4.78, 5) is 10.4. The first-order chi connectivity index (χ1) is 12.8. The minimum atomic E-state index is -0.0122. The smallest absolute Gasteiger partial charge is 0.274 e. The molecular formula is C20H20N3O3+. The minimum Gasteiger partial charge on any atom is -0.446 e. The predicted molar refractivity (Wildman–Crippen MR) is 99.3 cm³/mol. The van der Waals surface area contributed by atoms with E-state index in [0.29, 0.717) is 30.3 Å². The Morgan fingerprint density at radius 2 is 1.54 bits per heavy atom. The van der Waals surface area contributed by atoms with Gasteiger partial charge in [0, 0.05) is 10.9 Å². The molecule has 0 aliphatic rings. The molecule has 0 fully saturated rings. The number of hydrogen-bond donors (Lipinski definition) is 3. The van der Waals surface area contributed by atoms with Gasteiger partial charge in [-0.2, -0.15) is 4.98 Å². The largest absolute Gasteiger partial charge is 0.446 e. The normalized spacial score (nSPS) is 11.7. The van der Waals surface area contributed by atoms with Crippen LogP contribution in [0.25, 0.3) is 33.5 Å². The Morgan fingerprint density at radius 1 is 0.846 bits per heavy atom. The van der Waals surface area contributed by atoms with Crippen molar-refractivity contribution in [2.45, 2.75) is 0 Å². The summed E-state index contributed by atoms with van der Waals surface area (Å²) in [5.41, 5.74) is 3.00. The molecule has 0 amide bonds. The molecule has 2 heterocycles. The lowest BCUT2D eigenvalue weighted by Gasteiger charge is -2.16. The van der Waals surface area contributed by atoms with Gasteiger partial charge in [-0.3, -0.25) is 4.90 Å². The zero-order chi connectivity index (χ0) is 17.9. The van der Waals surface area contributed by atoms with Gasteiger partial charge in [-0.05, 0) is 12.1 Å². The molecule has 4 rings (SSSR count). The number of nitrogens with zero attached hydrogens (tertiary/aromatic N) is 2. The Morgan fingerprint density at radius 3 is 2.27 bits per heavy atom. The van der Waals surface area contributed by atoms with Crippen LogP contribution in [0.1, 0.15) is 0 Å². The van der Waals surface area contributed by atoms with Crippen molar-refractivity contribution in [3.05, 3.63) is 54.6 Å². The summed E-state index contributed by atoms with van der Waals surface area (Å²) in [5.74, 6) is 1.26. The van der Waals surface area contributed by atoms with E-state index < -0.39 is 0 Å². The molecule has 0 spiro atoms. The molecule has 0 aliphatic carbocycles. The van der Waals surface area contributed by atoms with Gasteiger partial charge in [-0.25, -0.2) is 4.98 Å². The third kappa shape index (κ3) is 2.94. The van der Waals surface area contributed by atoms with Crippen LogP contribution in [0.3, 0.4) is 0 Å². The van der Waals surface area contributed by atoms with Crippen molar-refractivity contribution >= 4 is 27.9 Å². The Balaban J connectivity index is 2.01. The number of quaternary nitrogens is 1. The van der Waals surface area contributed by atoms with Gasteiger partial charge in [0.25, 0.3) is 5.82 Å². The number of rotatable bonds is 6. The standard InChI is InChI=1S/C20H19N3O3/c24-12-10-23(11-13-25)20-18-17(15-8-4-5-9-16(15)26-18)21-19(22-20)14-6-2-1-3-7-14/h1-9,24-25H,10-13H2/p+1. The number of hydrogen-bond acceptors (Lipinski definition) is 5. The van der Waals surface area contributed by atoms with Crippen LogP contribution in [-0.2, 0) is 0 Å². The summed E-state index contributed by atoms with van der Waals surface area (Å²) >= 11 is 0. The number of para-hydroxylation sites is 1. The lowest BCUT2D eigenvalue weighted by molar-refractivity contribution is -0.835. The van der Waals surface area contributed by atoms with Crippen molar-refractivity contribution in [3.8, 4) is 11.4 Å². The highest BCUT2D eigenvalue weighted by Gasteiger charge is 2.24. The number of aliphatic hydroxyl groups excluding tert-OH is 2. The summed E-state index contributed by atoms with van der Waals surface area (Å²) < 4.78 is 6.04. The van der Waals surface area contributed by atoms with E-state index in [1.807, 2.05) is 54.6 Å². The van der Waals surface area contributed by atoms with Gasteiger partial charge in [-0.1, -0.05) is 42.5 Å². The average molecular weight is 350 g/mol. The second-order valence-electron chi connectivity index (χ2n) is 6.09.